The van der Waals surface area contributed by atoms with Crippen molar-refractivity contribution in [1.29, 1.82) is 0 Å². The number of nitrogens with zero attached hydrogens (tertiary/aromatic N) is 1. The fourth-order valence-corrected chi connectivity index (χ4v) is 3.40. The molecule has 3 rings (SSSR count). The maximum atomic E-state index is 11.9. The minimum Gasteiger partial charge on any atom is -0.378 e. The van der Waals surface area contributed by atoms with Crippen LogP contribution in [0.5, 0.6) is 0 Å². The van der Waals surface area contributed by atoms with E-state index in [9.17, 15) is 4.79 Å². The van der Waals surface area contributed by atoms with E-state index in [1.807, 2.05) is 40.6 Å². The predicted molar refractivity (Wildman–Crippen MR) is 84.7 cm³/mol. The van der Waals surface area contributed by atoms with E-state index in [-0.39, 0.29) is 5.91 Å². The lowest BCUT2D eigenvalue weighted by molar-refractivity contribution is -0.117. The molecule has 1 fully saturated rings. The van der Waals surface area contributed by atoms with Gasteiger partial charge in [0.1, 0.15) is 0 Å². The lowest BCUT2D eigenvalue weighted by Gasteiger charge is -2.20. The zero-order valence-corrected chi connectivity index (χ0v) is 12.5. The van der Waals surface area contributed by atoms with Crippen LogP contribution < -0.4 is 10.2 Å². The number of thiophene rings is 1. The first-order chi connectivity index (χ1) is 9.74. The van der Waals surface area contributed by atoms with Gasteiger partial charge in [-0.2, -0.15) is 0 Å². The van der Waals surface area contributed by atoms with Gasteiger partial charge in [-0.1, -0.05) is 23.7 Å². The molecule has 0 spiro atoms. The van der Waals surface area contributed by atoms with Gasteiger partial charge in [0.25, 0.3) is 0 Å². The average molecular weight is 307 g/mol. The van der Waals surface area contributed by atoms with Gasteiger partial charge in [0, 0.05) is 29.8 Å². The molecule has 1 aromatic carbocycles. The van der Waals surface area contributed by atoms with E-state index in [2.05, 4.69) is 5.32 Å². The smallest absolute Gasteiger partial charge is 0.227 e. The second kappa shape index (κ2) is 5.85. The van der Waals surface area contributed by atoms with Crippen LogP contribution in [0.25, 0.3) is 0 Å². The van der Waals surface area contributed by atoms with Crippen molar-refractivity contribution in [2.75, 3.05) is 16.8 Å². The van der Waals surface area contributed by atoms with Gasteiger partial charge in [0.05, 0.1) is 16.4 Å². The molecule has 20 heavy (non-hydrogen) atoms. The Bertz CT molecular complexity index is 626. The van der Waals surface area contributed by atoms with Crippen molar-refractivity contribution in [3.8, 4) is 0 Å². The molecule has 2 aromatic rings. The Morgan fingerprint density at radius 2 is 2.20 bits per heavy atom. The SMILES string of the molecule is O=C1CCCN1c1ccccc1NCc1cc(Cl)cs1. The third-order valence-electron chi connectivity index (χ3n) is 3.34. The van der Waals surface area contributed by atoms with Crippen LogP contribution >= 0.6 is 22.9 Å². The number of amides is 1. The maximum absolute atomic E-state index is 11.9. The summed E-state index contributed by atoms with van der Waals surface area (Å²) in [7, 11) is 0. The molecular weight excluding hydrogens is 292 g/mol. The predicted octanol–water partition coefficient (Wildman–Crippen LogP) is 4.14. The van der Waals surface area contributed by atoms with Crippen molar-refractivity contribution >= 4 is 40.2 Å². The Hall–Kier alpha value is -1.52. The molecule has 0 radical (unpaired) electrons. The minimum atomic E-state index is 0.207. The molecule has 1 aliphatic rings. The highest BCUT2D eigenvalue weighted by molar-refractivity contribution is 7.10. The first kappa shape index (κ1) is 13.5. The fraction of sp³-hybridized carbons (Fsp3) is 0.267. The topological polar surface area (TPSA) is 32.3 Å². The van der Waals surface area contributed by atoms with Gasteiger partial charge in [0.15, 0.2) is 0 Å². The normalized spacial score (nSPS) is 14.8. The number of carbonyl (C=O) groups is 1. The Morgan fingerprint density at radius 3 is 2.90 bits per heavy atom. The summed E-state index contributed by atoms with van der Waals surface area (Å²) in [6, 6.07) is 9.91. The summed E-state index contributed by atoms with van der Waals surface area (Å²) in [5, 5.41) is 6.10. The van der Waals surface area contributed by atoms with Crippen molar-refractivity contribution in [3.63, 3.8) is 0 Å². The summed E-state index contributed by atoms with van der Waals surface area (Å²) >= 11 is 7.56. The Kier molecular flexibility index (Phi) is 3.94. The summed E-state index contributed by atoms with van der Waals surface area (Å²) < 4.78 is 0. The van der Waals surface area contributed by atoms with Gasteiger partial charge < -0.3 is 10.2 Å². The van der Waals surface area contributed by atoms with Crippen molar-refractivity contribution in [2.45, 2.75) is 19.4 Å². The van der Waals surface area contributed by atoms with Crippen LogP contribution in [0.1, 0.15) is 17.7 Å². The van der Waals surface area contributed by atoms with E-state index >= 15 is 0 Å². The van der Waals surface area contributed by atoms with E-state index < -0.39 is 0 Å². The highest BCUT2D eigenvalue weighted by Crippen LogP contribution is 2.30. The Balaban J connectivity index is 1.77. The van der Waals surface area contributed by atoms with E-state index in [4.69, 9.17) is 11.6 Å². The first-order valence-electron chi connectivity index (χ1n) is 6.60. The van der Waals surface area contributed by atoms with Gasteiger partial charge in [-0.15, -0.1) is 11.3 Å². The summed E-state index contributed by atoms with van der Waals surface area (Å²) in [6.45, 7) is 1.53. The highest BCUT2D eigenvalue weighted by Gasteiger charge is 2.23. The number of halogens is 1. The molecular formula is C15H15ClN2OS. The molecule has 1 amide bonds. The lowest BCUT2D eigenvalue weighted by atomic mass is 10.2. The molecule has 1 aromatic heterocycles. The molecule has 104 valence electrons. The quantitative estimate of drug-likeness (QED) is 0.920. The lowest BCUT2D eigenvalue weighted by Crippen LogP contribution is -2.24. The molecule has 0 saturated carbocycles. The van der Waals surface area contributed by atoms with Crippen molar-refractivity contribution in [3.05, 3.63) is 45.6 Å². The van der Waals surface area contributed by atoms with Crippen LogP contribution in [0.2, 0.25) is 5.02 Å². The summed E-state index contributed by atoms with van der Waals surface area (Å²) in [4.78, 5) is 14.9. The molecule has 0 bridgehead atoms. The zero-order valence-electron chi connectivity index (χ0n) is 10.9. The number of benzene rings is 1. The molecule has 0 unspecified atom stereocenters. The van der Waals surface area contributed by atoms with Crippen LogP contribution in [0.4, 0.5) is 11.4 Å². The van der Waals surface area contributed by atoms with Gasteiger partial charge in [-0.3, -0.25) is 4.79 Å². The molecule has 5 heteroatoms. The van der Waals surface area contributed by atoms with E-state index in [1.54, 1.807) is 11.3 Å². The van der Waals surface area contributed by atoms with Gasteiger partial charge >= 0.3 is 0 Å². The molecule has 1 saturated heterocycles. The van der Waals surface area contributed by atoms with Crippen molar-refractivity contribution in [1.82, 2.24) is 0 Å². The third kappa shape index (κ3) is 2.81. The Morgan fingerprint density at radius 1 is 1.35 bits per heavy atom. The number of rotatable bonds is 4. The molecule has 0 atom stereocenters. The summed E-state index contributed by atoms with van der Waals surface area (Å²) in [5.41, 5.74) is 1.96. The fourth-order valence-electron chi connectivity index (χ4n) is 2.39. The second-order valence-electron chi connectivity index (χ2n) is 4.75. The monoisotopic (exact) mass is 306 g/mol. The standard InChI is InChI=1S/C15H15ClN2OS/c16-11-8-12(20-10-11)9-17-13-4-1-2-5-14(13)18-7-3-6-15(18)19/h1-2,4-5,8,10,17H,3,6-7,9H2. The van der Waals surface area contributed by atoms with Crippen LogP contribution in [-0.2, 0) is 11.3 Å². The number of para-hydroxylation sites is 2. The molecule has 1 N–H and O–H groups in total. The number of nitrogens with one attached hydrogen (secondary N) is 1. The van der Waals surface area contributed by atoms with Gasteiger partial charge in [0.2, 0.25) is 5.91 Å². The van der Waals surface area contributed by atoms with E-state index in [0.717, 1.165) is 35.9 Å². The van der Waals surface area contributed by atoms with E-state index in [0.29, 0.717) is 6.42 Å². The maximum Gasteiger partial charge on any atom is 0.227 e. The minimum absolute atomic E-state index is 0.207. The summed E-state index contributed by atoms with van der Waals surface area (Å²) in [6.07, 6.45) is 1.59. The number of hydrogen-bond donors (Lipinski definition) is 1. The van der Waals surface area contributed by atoms with Gasteiger partial charge in [-0.05, 0) is 24.6 Å². The largest absolute Gasteiger partial charge is 0.378 e. The number of anilines is 2. The van der Waals surface area contributed by atoms with Crippen LogP contribution in [0.15, 0.2) is 35.7 Å². The average Bonchev–Trinajstić information content (AvgIpc) is 3.05. The third-order valence-corrected chi connectivity index (χ3v) is 4.63. The molecule has 0 aliphatic carbocycles. The Labute approximate surface area is 127 Å². The molecule has 2 heterocycles. The number of hydrogen-bond acceptors (Lipinski definition) is 3. The first-order valence-corrected chi connectivity index (χ1v) is 7.86. The van der Waals surface area contributed by atoms with Gasteiger partial charge in [-0.25, -0.2) is 0 Å². The van der Waals surface area contributed by atoms with Crippen molar-refractivity contribution in [2.24, 2.45) is 0 Å². The van der Waals surface area contributed by atoms with Crippen LogP contribution in [0.3, 0.4) is 0 Å². The molecule has 1 aliphatic heterocycles. The van der Waals surface area contributed by atoms with E-state index in [1.165, 1.54) is 4.88 Å². The van der Waals surface area contributed by atoms with Crippen LogP contribution in [-0.4, -0.2) is 12.5 Å². The number of carbonyl (C=O) groups excluding carboxylic acids is 1. The molecule has 3 nitrogen and oxygen atoms in total. The highest BCUT2D eigenvalue weighted by atomic mass is 35.5. The van der Waals surface area contributed by atoms with Crippen molar-refractivity contribution < 1.29 is 4.79 Å². The zero-order chi connectivity index (χ0) is 13.9. The second-order valence-corrected chi connectivity index (χ2v) is 6.18. The van der Waals surface area contributed by atoms with Crippen LogP contribution in [0, 0.1) is 0 Å². The summed E-state index contributed by atoms with van der Waals surface area (Å²) in [5.74, 6) is 0.207.